The lowest BCUT2D eigenvalue weighted by atomic mass is 9.48. The molecule has 3 N–H and O–H groups in total. The van der Waals surface area contributed by atoms with Crippen LogP contribution < -0.4 is 10.8 Å². The fourth-order valence-corrected chi connectivity index (χ4v) is 5.97. The highest BCUT2D eigenvalue weighted by atomic mass is 19.1. The van der Waals surface area contributed by atoms with Gasteiger partial charge < -0.3 is 5.32 Å². The van der Waals surface area contributed by atoms with Crippen molar-refractivity contribution >= 4 is 12.0 Å². The highest BCUT2D eigenvalue weighted by Crippen LogP contribution is 2.62. The third-order valence-corrected chi connectivity index (χ3v) is 6.46. The number of benzene rings is 1. The van der Waals surface area contributed by atoms with Gasteiger partial charge in [-0.05, 0) is 73.0 Å². The van der Waals surface area contributed by atoms with Crippen LogP contribution in [0.4, 0.5) is 4.39 Å². The number of hydrogen-bond donors (Lipinski definition) is 3. The van der Waals surface area contributed by atoms with Gasteiger partial charge in [0.15, 0.2) is 0 Å². The van der Waals surface area contributed by atoms with Crippen molar-refractivity contribution in [3.05, 3.63) is 41.5 Å². The number of alkyl halides is 1. The van der Waals surface area contributed by atoms with Crippen LogP contribution in [0.2, 0.25) is 0 Å². The topological polar surface area (TPSA) is 61.4 Å². The first-order valence-corrected chi connectivity index (χ1v) is 9.58. The second-order valence-electron chi connectivity index (χ2n) is 8.77. The van der Waals surface area contributed by atoms with E-state index < -0.39 is 11.6 Å². The average Bonchev–Trinajstić information content (AvgIpc) is 2.58. The molecular weight excluding hydrogens is 331 g/mol. The van der Waals surface area contributed by atoms with Gasteiger partial charge in [0.1, 0.15) is 5.67 Å². The van der Waals surface area contributed by atoms with Crippen LogP contribution in [-0.2, 0) is 11.3 Å². The van der Waals surface area contributed by atoms with Crippen LogP contribution in [0.1, 0.15) is 49.7 Å². The minimum Gasteiger partial charge on any atom is -0.312 e. The number of amides is 1. The SMILES string of the molecule is O=C(/C=C/c1ccc(CNCC23C[C@@H]4C[C@@H](CC(F)(C4)C2)C3)cc1)NO. The van der Waals surface area contributed by atoms with Crippen LogP contribution in [0.3, 0.4) is 0 Å². The number of rotatable bonds is 6. The van der Waals surface area contributed by atoms with Gasteiger partial charge in [0.2, 0.25) is 0 Å². The summed E-state index contributed by atoms with van der Waals surface area (Å²) in [6.45, 7) is 1.68. The highest BCUT2D eigenvalue weighted by Gasteiger charge is 2.57. The molecule has 140 valence electrons. The maximum absolute atomic E-state index is 15.0. The predicted molar refractivity (Wildman–Crippen MR) is 98.1 cm³/mol. The Morgan fingerprint density at radius 3 is 2.50 bits per heavy atom. The zero-order chi connectivity index (χ0) is 18.2. The van der Waals surface area contributed by atoms with Crippen molar-refractivity contribution in [2.45, 2.75) is 50.7 Å². The summed E-state index contributed by atoms with van der Waals surface area (Å²) in [5, 5.41) is 12.0. The number of halogens is 1. The Morgan fingerprint density at radius 2 is 1.88 bits per heavy atom. The van der Waals surface area contributed by atoms with E-state index in [0.29, 0.717) is 11.8 Å². The van der Waals surface area contributed by atoms with Crippen molar-refractivity contribution < 1.29 is 14.4 Å². The molecule has 0 spiro atoms. The molecule has 1 aromatic rings. The summed E-state index contributed by atoms with van der Waals surface area (Å²) >= 11 is 0. The number of carbonyl (C=O) groups is 1. The molecule has 2 unspecified atom stereocenters. The van der Waals surface area contributed by atoms with Crippen LogP contribution in [0, 0.1) is 17.3 Å². The molecule has 4 nitrogen and oxygen atoms in total. The lowest BCUT2D eigenvalue weighted by molar-refractivity contribution is -0.124. The monoisotopic (exact) mass is 358 g/mol. The van der Waals surface area contributed by atoms with Crippen LogP contribution in [0.25, 0.3) is 6.08 Å². The molecule has 4 atom stereocenters. The number of hydroxylamine groups is 1. The molecule has 0 radical (unpaired) electrons. The summed E-state index contributed by atoms with van der Waals surface area (Å²) in [5.74, 6) is 0.660. The Kier molecular flexibility index (Phi) is 4.61. The van der Waals surface area contributed by atoms with Crippen LogP contribution in [0.5, 0.6) is 0 Å². The largest absolute Gasteiger partial charge is 0.312 e. The fourth-order valence-electron chi connectivity index (χ4n) is 5.97. The van der Waals surface area contributed by atoms with E-state index in [0.717, 1.165) is 37.9 Å². The van der Waals surface area contributed by atoms with E-state index in [1.165, 1.54) is 30.9 Å². The van der Waals surface area contributed by atoms with Crippen molar-refractivity contribution in [1.82, 2.24) is 10.8 Å². The molecule has 4 aliphatic carbocycles. The van der Waals surface area contributed by atoms with Gasteiger partial charge in [0.05, 0.1) is 0 Å². The molecule has 0 saturated heterocycles. The van der Waals surface area contributed by atoms with Crippen molar-refractivity contribution in [2.75, 3.05) is 6.54 Å². The minimum atomic E-state index is -0.888. The zero-order valence-electron chi connectivity index (χ0n) is 15.0. The first-order chi connectivity index (χ1) is 12.5. The minimum absolute atomic E-state index is 0.166. The van der Waals surface area contributed by atoms with Gasteiger partial charge in [-0.25, -0.2) is 9.87 Å². The second kappa shape index (κ2) is 6.78. The second-order valence-corrected chi connectivity index (χ2v) is 8.77. The Morgan fingerprint density at radius 1 is 1.19 bits per heavy atom. The van der Waals surface area contributed by atoms with Gasteiger partial charge in [0.25, 0.3) is 5.91 Å². The van der Waals surface area contributed by atoms with E-state index in [-0.39, 0.29) is 5.41 Å². The predicted octanol–water partition coefficient (Wildman–Crippen LogP) is 3.60. The summed E-state index contributed by atoms with van der Waals surface area (Å²) in [6.07, 6.45) is 8.92. The molecule has 0 heterocycles. The summed E-state index contributed by atoms with van der Waals surface area (Å²) in [7, 11) is 0. The molecular formula is C21H27FN2O2. The molecule has 4 fully saturated rings. The van der Waals surface area contributed by atoms with Crippen molar-refractivity contribution in [1.29, 1.82) is 0 Å². The van der Waals surface area contributed by atoms with E-state index in [2.05, 4.69) is 5.32 Å². The molecule has 4 bridgehead atoms. The lowest BCUT2D eigenvalue weighted by Gasteiger charge is -2.59. The number of nitrogens with one attached hydrogen (secondary N) is 2. The van der Waals surface area contributed by atoms with Crippen molar-refractivity contribution in [2.24, 2.45) is 17.3 Å². The highest BCUT2D eigenvalue weighted by molar-refractivity contribution is 5.90. The number of hydrogen-bond acceptors (Lipinski definition) is 3. The Bertz CT molecular complexity index is 686. The Labute approximate surface area is 153 Å². The average molecular weight is 358 g/mol. The van der Waals surface area contributed by atoms with Gasteiger partial charge >= 0.3 is 0 Å². The molecule has 1 amide bonds. The number of carbonyl (C=O) groups excluding carboxylic acids is 1. The van der Waals surface area contributed by atoms with Crippen molar-refractivity contribution in [3.8, 4) is 0 Å². The van der Waals surface area contributed by atoms with Crippen molar-refractivity contribution in [3.63, 3.8) is 0 Å². The first kappa shape index (κ1) is 17.7. The fraction of sp³-hybridized carbons (Fsp3) is 0.571. The summed E-state index contributed by atoms with van der Waals surface area (Å²) in [4.78, 5) is 11.0. The van der Waals surface area contributed by atoms with Gasteiger partial charge in [-0.15, -0.1) is 0 Å². The van der Waals surface area contributed by atoms with Crippen LogP contribution in [0.15, 0.2) is 30.3 Å². The first-order valence-electron chi connectivity index (χ1n) is 9.58. The molecule has 5 rings (SSSR count). The molecule has 1 aromatic carbocycles. The van der Waals surface area contributed by atoms with Gasteiger partial charge in [-0.1, -0.05) is 24.3 Å². The molecule has 4 aliphatic rings. The smallest absolute Gasteiger partial charge is 0.267 e. The Hall–Kier alpha value is -1.72. The quantitative estimate of drug-likeness (QED) is 0.414. The van der Waals surface area contributed by atoms with E-state index in [4.69, 9.17) is 5.21 Å². The zero-order valence-corrected chi connectivity index (χ0v) is 15.0. The Balaban J connectivity index is 1.31. The van der Waals surface area contributed by atoms with E-state index in [1.807, 2.05) is 24.3 Å². The van der Waals surface area contributed by atoms with Gasteiger partial charge in [0, 0.05) is 19.2 Å². The maximum Gasteiger partial charge on any atom is 0.267 e. The third-order valence-electron chi connectivity index (χ3n) is 6.46. The lowest BCUT2D eigenvalue weighted by Crippen LogP contribution is -2.56. The molecule has 4 saturated carbocycles. The molecule has 26 heavy (non-hydrogen) atoms. The van der Waals surface area contributed by atoms with Crippen LogP contribution >= 0.6 is 0 Å². The summed E-state index contributed by atoms with van der Waals surface area (Å²) in [5.41, 5.74) is 2.92. The van der Waals surface area contributed by atoms with E-state index in [1.54, 1.807) is 11.6 Å². The molecule has 0 aliphatic heterocycles. The standard InChI is InChI=1S/C21H27FN2O2/c22-21-10-17-7-18(11-21)9-20(8-17,13-21)14-23-12-16-3-1-15(2-4-16)5-6-19(25)24-26/h1-6,17-18,23,26H,7-14H2,(H,24,25)/b6-5+/t17-,18+,20?,21?. The summed E-state index contributed by atoms with van der Waals surface area (Å²) in [6, 6.07) is 7.94. The van der Waals surface area contributed by atoms with E-state index >= 15 is 4.39 Å². The molecule has 0 aromatic heterocycles. The van der Waals surface area contributed by atoms with Gasteiger partial charge in [-0.2, -0.15) is 0 Å². The van der Waals surface area contributed by atoms with Crippen LogP contribution in [-0.4, -0.2) is 23.3 Å². The normalized spacial score (nSPS) is 35.2. The van der Waals surface area contributed by atoms with E-state index in [9.17, 15) is 4.79 Å². The maximum atomic E-state index is 15.0. The summed E-state index contributed by atoms with van der Waals surface area (Å²) < 4.78 is 15.0. The molecule has 5 heteroatoms. The third kappa shape index (κ3) is 3.69. The van der Waals surface area contributed by atoms with Gasteiger partial charge in [-0.3, -0.25) is 10.0 Å².